The Labute approximate surface area is 120 Å². The molecule has 0 spiro atoms. The van der Waals surface area contributed by atoms with Crippen molar-refractivity contribution in [1.82, 2.24) is 15.6 Å². The minimum Gasteiger partial charge on any atom is -0.350 e. The van der Waals surface area contributed by atoms with Crippen LogP contribution in [0.2, 0.25) is 0 Å². The van der Waals surface area contributed by atoms with Gasteiger partial charge < -0.3 is 5.32 Å². The maximum absolute atomic E-state index is 11.8. The molecule has 0 saturated carbocycles. The van der Waals surface area contributed by atoms with E-state index in [1.54, 1.807) is 11.3 Å². The lowest BCUT2D eigenvalue weighted by molar-refractivity contribution is -0.122. The van der Waals surface area contributed by atoms with E-state index in [-0.39, 0.29) is 17.5 Å². The smallest absolute Gasteiger partial charge is 0.234 e. The van der Waals surface area contributed by atoms with Gasteiger partial charge in [-0.1, -0.05) is 13.8 Å². The summed E-state index contributed by atoms with van der Waals surface area (Å²) in [7, 11) is 0. The van der Waals surface area contributed by atoms with Crippen molar-refractivity contribution < 1.29 is 4.79 Å². The van der Waals surface area contributed by atoms with Crippen LogP contribution in [0.1, 0.15) is 57.0 Å². The number of thiazole rings is 1. The van der Waals surface area contributed by atoms with E-state index in [4.69, 9.17) is 0 Å². The van der Waals surface area contributed by atoms with Crippen molar-refractivity contribution >= 4 is 17.2 Å². The number of carbonyl (C=O) groups is 1. The number of hydrogen-bond donors (Lipinski definition) is 2. The highest BCUT2D eigenvalue weighted by molar-refractivity contribution is 7.11. The maximum atomic E-state index is 11.8. The van der Waals surface area contributed by atoms with Gasteiger partial charge >= 0.3 is 0 Å². The fourth-order valence-corrected chi connectivity index (χ4v) is 2.41. The van der Waals surface area contributed by atoms with Gasteiger partial charge in [-0.25, -0.2) is 4.98 Å². The summed E-state index contributed by atoms with van der Waals surface area (Å²) in [5.41, 5.74) is -0.140. The maximum Gasteiger partial charge on any atom is 0.234 e. The first-order valence-corrected chi connectivity index (χ1v) is 7.68. The van der Waals surface area contributed by atoms with Crippen LogP contribution in [-0.2, 0) is 11.2 Å². The molecule has 19 heavy (non-hydrogen) atoms. The van der Waals surface area contributed by atoms with E-state index in [0.29, 0.717) is 6.54 Å². The molecule has 0 aliphatic heterocycles. The van der Waals surface area contributed by atoms with Crippen LogP contribution in [0.3, 0.4) is 0 Å². The standard InChI is InChI=1S/C14H25N3OS/c1-6-11-8-16-13(19-11)10(3)15-9-12(18)17-14(4,5)7-2/h8,10,15H,6-7,9H2,1-5H3,(H,17,18). The van der Waals surface area contributed by atoms with Crippen LogP contribution in [0.4, 0.5) is 0 Å². The van der Waals surface area contributed by atoms with Crippen molar-refractivity contribution in [3.8, 4) is 0 Å². The third-order valence-corrected chi connectivity index (χ3v) is 4.55. The van der Waals surface area contributed by atoms with E-state index in [1.807, 2.05) is 27.0 Å². The molecule has 1 amide bonds. The molecule has 1 aromatic rings. The third-order valence-electron chi connectivity index (χ3n) is 3.22. The van der Waals surface area contributed by atoms with Crippen molar-refractivity contribution in [2.24, 2.45) is 0 Å². The first-order valence-electron chi connectivity index (χ1n) is 6.87. The van der Waals surface area contributed by atoms with Gasteiger partial charge in [0.15, 0.2) is 0 Å². The van der Waals surface area contributed by atoms with Crippen LogP contribution in [0, 0.1) is 0 Å². The Balaban J connectivity index is 2.41. The zero-order valence-electron chi connectivity index (χ0n) is 12.5. The van der Waals surface area contributed by atoms with Crippen LogP contribution in [0.15, 0.2) is 6.20 Å². The zero-order chi connectivity index (χ0) is 14.5. The summed E-state index contributed by atoms with van der Waals surface area (Å²) in [6.07, 6.45) is 3.84. The number of aromatic nitrogens is 1. The van der Waals surface area contributed by atoms with E-state index in [0.717, 1.165) is 17.8 Å². The first kappa shape index (κ1) is 16.1. The van der Waals surface area contributed by atoms with Gasteiger partial charge in [-0.2, -0.15) is 0 Å². The largest absolute Gasteiger partial charge is 0.350 e. The fourth-order valence-electron chi connectivity index (χ4n) is 1.53. The average Bonchev–Trinajstić information content (AvgIpc) is 2.84. The number of nitrogens with one attached hydrogen (secondary N) is 2. The highest BCUT2D eigenvalue weighted by Gasteiger charge is 2.18. The molecule has 1 atom stereocenters. The molecular formula is C14H25N3OS. The third kappa shape index (κ3) is 5.28. The highest BCUT2D eigenvalue weighted by atomic mass is 32.1. The van der Waals surface area contributed by atoms with Crippen LogP contribution >= 0.6 is 11.3 Å². The molecule has 1 rings (SSSR count). The highest BCUT2D eigenvalue weighted by Crippen LogP contribution is 2.19. The molecular weight excluding hydrogens is 258 g/mol. The normalized spacial score (nSPS) is 13.3. The number of rotatable bonds is 7. The zero-order valence-corrected chi connectivity index (χ0v) is 13.4. The molecule has 0 fully saturated rings. The lowest BCUT2D eigenvalue weighted by Crippen LogP contribution is -2.46. The Kier molecular flexibility index (Phi) is 5.94. The van der Waals surface area contributed by atoms with Crippen molar-refractivity contribution in [3.63, 3.8) is 0 Å². The van der Waals surface area contributed by atoms with Crippen molar-refractivity contribution in [2.45, 2.75) is 59.0 Å². The Morgan fingerprint density at radius 3 is 2.68 bits per heavy atom. The SMILES string of the molecule is CCc1cnc(C(C)NCC(=O)NC(C)(C)CC)s1. The summed E-state index contributed by atoms with van der Waals surface area (Å²) in [4.78, 5) is 17.5. The Bertz CT molecular complexity index is 415. The van der Waals surface area contributed by atoms with Gasteiger partial charge in [0.05, 0.1) is 12.6 Å². The second-order valence-corrected chi connectivity index (χ2v) is 6.55. The number of nitrogens with zero attached hydrogens (tertiary/aromatic N) is 1. The molecule has 0 saturated heterocycles. The van der Waals surface area contributed by atoms with Crippen molar-refractivity contribution in [3.05, 3.63) is 16.1 Å². The van der Waals surface area contributed by atoms with Crippen LogP contribution < -0.4 is 10.6 Å². The molecule has 2 N–H and O–H groups in total. The monoisotopic (exact) mass is 283 g/mol. The molecule has 0 aliphatic rings. The van der Waals surface area contributed by atoms with Gasteiger partial charge in [-0.3, -0.25) is 10.1 Å². The predicted molar refractivity (Wildman–Crippen MR) is 80.4 cm³/mol. The Hall–Kier alpha value is -0.940. The molecule has 4 nitrogen and oxygen atoms in total. The first-order chi connectivity index (χ1) is 8.88. The van der Waals surface area contributed by atoms with Gasteiger partial charge in [-0.05, 0) is 33.6 Å². The molecule has 1 unspecified atom stereocenters. The van der Waals surface area contributed by atoms with Crippen molar-refractivity contribution in [1.29, 1.82) is 0 Å². The lowest BCUT2D eigenvalue weighted by atomic mass is 10.0. The quantitative estimate of drug-likeness (QED) is 0.809. The molecule has 0 radical (unpaired) electrons. The van der Waals surface area contributed by atoms with E-state index in [2.05, 4.69) is 29.5 Å². The number of hydrogen-bond acceptors (Lipinski definition) is 4. The number of aryl methyl sites for hydroxylation is 1. The van der Waals surface area contributed by atoms with Gasteiger partial charge in [-0.15, -0.1) is 11.3 Å². The molecule has 0 bridgehead atoms. The summed E-state index contributed by atoms with van der Waals surface area (Å²) in [5.74, 6) is 0.0333. The van der Waals surface area contributed by atoms with Crippen LogP contribution in [0.5, 0.6) is 0 Å². The van der Waals surface area contributed by atoms with Gasteiger partial charge in [0.1, 0.15) is 5.01 Å². The second kappa shape index (κ2) is 7.01. The Morgan fingerprint density at radius 2 is 2.16 bits per heavy atom. The number of amides is 1. The lowest BCUT2D eigenvalue weighted by Gasteiger charge is -2.25. The molecule has 1 aromatic heterocycles. The molecule has 108 valence electrons. The fraction of sp³-hybridized carbons (Fsp3) is 0.714. The second-order valence-electron chi connectivity index (χ2n) is 5.41. The summed E-state index contributed by atoms with van der Waals surface area (Å²) in [6, 6.07) is 0.112. The van der Waals surface area contributed by atoms with Crippen LogP contribution in [-0.4, -0.2) is 23.0 Å². The number of carbonyl (C=O) groups excluding carboxylic acids is 1. The van der Waals surface area contributed by atoms with E-state index >= 15 is 0 Å². The topological polar surface area (TPSA) is 54.0 Å². The van der Waals surface area contributed by atoms with Crippen LogP contribution in [0.25, 0.3) is 0 Å². The van der Waals surface area contributed by atoms with Gasteiger partial charge in [0, 0.05) is 16.6 Å². The molecule has 0 aromatic carbocycles. The summed E-state index contributed by atoms with van der Waals surface area (Å²) < 4.78 is 0. The minimum atomic E-state index is -0.140. The molecule has 0 aliphatic carbocycles. The molecule has 1 heterocycles. The van der Waals surface area contributed by atoms with Crippen molar-refractivity contribution in [2.75, 3.05) is 6.54 Å². The minimum absolute atomic E-state index is 0.0333. The summed E-state index contributed by atoms with van der Waals surface area (Å²) in [6.45, 7) is 10.6. The van der Waals surface area contributed by atoms with Gasteiger partial charge in [0.25, 0.3) is 0 Å². The van der Waals surface area contributed by atoms with E-state index < -0.39 is 0 Å². The average molecular weight is 283 g/mol. The van der Waals surface area contributed by atoms with Gasteiger partial charge in [0.2, 0.25) is 5.91 Å². The Morgan fingerprint density at radius 1 is 1.47 bits per heavy atom. The predicted octanol–water partition coefficient (Wildman–Crippen LogP) is 2.66. The summed E-state index contributed by atoms with van der Waals surface area (Å²) >= 11 is 1.70. The summed E-state index contributed by atoms with van der Waals surface area (Å²) in [5, 5.41) is 7.27. The van der Waals surface area contributed by atoms with E-state index in [9.17, 15) is 4.79 Å². The van der Waals surface area contributed by atoms with E-state index in [1.165, 1.54) is 4.88 Å². The molecule has 5 heteroatoms.